The number of nitrogens with one attached hydrogen (secondary N) is 3. The summed E-state index contributed by atoms with van der Waals surface area (Å²) in [5.74, 6) is 0.895. The quantitative estimate of drug-likeness (QED) is 0.579. The minimum Gasteiger partial charge on any atom is -0.497 e. The summed E-state index contributed by atoms with van der Waals surface area (Å²) in [6, 6.07) is 6.59. The van der Waals surface area contributed by atoms with Gasteiger partial charge in [-0.25, -0.2) is 10.2 Å². The lowest BCUT2D eigenvalue weighted by Gasteiger charge is -2.23. The number of nitrogens with zero attached hydrogens (tertiary/aromatic N) is 1. The van der Waals surface area contributed by atoms with Crippen molar-refractivity contribution < 1.29 is 14.3 Å². The molecule has 1 saturated carbocycles. The number of benzene rings is 1. The molecule has 1 fully saturated rings. The predicted molar refractivity (Wildman–Crippen MR) is 114 cm³/mol. The van der Waals surface area contributed by atoms with Crippen LogP contribution in [0, 0.1) is 0 Å². The summed E-state index contributed by atoms with van der Waals surface area (Å²) in [4.78, 5) is 40.6. The third-order valence-electron chi connectivity index (χ3n) is 6.05. The SMILES string of the molecule is COc1ccc(OCC(=O)NNC2CCc3c2[nH]c(=O)n(C2CCCCC2)c3=O)cc1. The summed E-state index contributed by atoms with van der Waals surface area (Å²) in [5, 5.41) is 0. The second-order valence-electron chi connectivity index (χ2n) is 8.04. The average molecular weight is 428 g/mol. The Morgan fingerprint density at radius 1 is 1.10 bits per heavy atom. The zero-order valence-corrected chi connectivity index (χ0v) is 17.6. The summed E-state index contributed by atoms with van der Waals surface area (Å²) in [7, 11) is 1.58. The van der Waals surface area contributed by atoms with E-state index in [0.29, 0.717) is 35.6 Å². The molecule has 31 heavy (non-hydrogen) atoms. The summed E-state index contributed by atoms with van der Waals surface area (Å²) in [5.41, 5.74) is 6.18. The second kappa shape index (κ2) is 9.38. The summed E-state index contributed by atoms with van der Waals surface area (Å²) >= 11 is 0. The third kappa shape index (κ3) is 4.66. The van der Waals surface area contributed by atoms with Crippen LogP contribution in [0.5, 0.6) is 11.5 Å². The molecule has 0 spiro atoms. The number of methoxy groups -OCH3 is 1. The lowest BCUT2D eigenvalue weighted by Crippen LogP contribution is -2.44. The summed E-state index contributed by atoms with van der Waals surface area (Å²) in [6.45, 7) is -0.168. The van der Waals surface area contributed by atoms with Gasteiger partial charge in [0.15, 0.2) is 6.61 Å². The van der Waals surface area contributed by atoms with Gasteiger partial charge in [0.25, 0.3) is 11.5 Å². The Morgan fingerprint density at radius 3 is 2.52 bits per heavy atom. The molecule has 2 aliphatic carbocycles. The molecule has 9 nitrogen and oxygen atoms in total. The monoisotopic (exact) mass is 428 g/mol. The Hall–Kier alpha value is -3.07. The molecule has 0 aliphatic heterocycles. The highest BCUT2D eigenvalue weighted by Crippen LogP contribution is 2.29. The summed E-state index contributed by atoms with van der Waals surface area (Å²) in [6.07, 6.45) is 6.16. The van der Waals surface area contributed by atoms with Gasteiger partial charge in [0.05, 0.1) is 13.2 Å². The largest absolute Gasteiger partial charge is 0.497 e. The van der Waals surface area contributed by atoms with Crippen molar-refractivity contribution in [2.24, 2.45) is 0 Å². The van der Waals surface area contributed by atoms with Crippen molar-refractivity contribution in [1.82, 2.24) is 20.4 Å². The number of aromatic amines is 1. The molecule has 2 aromatic rings. The van der Waals surface area contributed by atoms with Crippen molar-refractivity contribution in [3.63, 3.8) is 0 Å². The molecular weight excluding hydrogens is 400 g/mol. The molecule has 2 aliphatic rings. The topological polar surface area (TPSA) is 114 Å². The van der Waals surface area contributed by atoms with E-state index in [0.717, 1.165) is 32.1 Å². The van der Waals surface area contributed by atoms with Gasteiger partial charge in [-0.05, 0) is 49.9 Å². The van der Waals surface area contributed by atoms with Crippen LogP contribution < -0.4 is 31.6 Å². The van der Waals surface area contributed by atoms with Crippen LogP contribution >= 0.6 is 0 Å². The first kappa shape index (κ1) is 21.2. The van der Waals surface area contributed by atoms with E-state index in [-0.39, 0.29) is 35.8 Å². The second-order valence-corrected chi connectivity index (χ2v) is 8.04. The van der Waals surface area contributed by atoms with Gasteiger partial charge in [-0.3, -0.25) is 19.6 Å². The first-order chi connectivity index (χ1) is 15.1. The number of H-pyrrole nitrogens is 1. The number of ether oxygens (including phenoxy) is 2. The number of carbonyl (C=O) groups is 1. The molecule has 9 heteroatoms. The van der Waals surface area contributed by atoms with E-state index in [9.17, 15) is 14.4 Å². The molecule has 0 radical (unpaired) electrons. The molecule has 3 N–H and O–H groups in total. The number of aromatic nitrogens is 2. The van der Waals surface area contributed by atoms with E-state index in [2.05, 4.69) is 15.8 Å². The Kier molecular flexibility index (Phi) is 6.41. The number of hydrogen-bond donors (Lipinski definition) is 3. The minimum atomic E-state index is -0.362. The van der Waals surface area contributed by atoms with Gasteiger partial charge in [0.2, 0.25) is 0 Å². The molecular formula is C22H28N4O5. The van der Waals surface area contributed by atoms with Crippen LogP contribution in [0.2, 0.25) is 0 Å². The molecule has 4 rings (SSSR count). The van der Waals surface area contributed by atoms with Crippen LogP contribution in [-0.4, -0.2) is 29.2 Å². The highest BCUT2D eigenvalue weighted by molar-refractivity contribution is 5.77. The van der Waals surface area contributed by atoms with E-state index in [1.165, 1.54) is 4.57 Å². The normalized spacial score (nSPS) is 18.4. The molecule has 0 saturated heterocycles. The van der Waals surface area contributed by atoms with Crippen LogP contribution in [0.25, 0.3) is 0 Å². The molecule has 166 valence electrons. The van der Waals surface area contributed by atoms with E-state index in [1.54, 1.807) is 31.4 Å². The predicted octanol–water partition coefficient (Wildman–Crippen LogP) is 1.74. The lowest BCUT2D eigenvalue weighted by molar-refractivity contribution is -0.124. The van der Waals surface area contributed by atoms with Crippen molar-refractivity contribution in [3.05, 3.63) is 56.4 Å². The van der Waals surface area contributed by atoms with Crippen LogP contribution in [0.1, 0.15) is 61.9 Å². The smallest absolute Gasteiger partial charge is 0.328 e. The third-order valence-corrected chi connectivity index (χ3v) is 6.05. The number of amides is 1. The molecule has 1 heterocycles. The number of rotatable bonds is 7. The van der Waals surface area contributed by atoms with Crippen molar-refractivity contribution in [2.75, 3.05) is 13.7 Å². The van der Waals surface area contributed by atoms with Crippen LogP contribution in [0.4, 0.5) is 0 Å². The number of fused-ring (bicyclic) bond motifs is 1. The molecule has 0 bridgehead atoms. The zero-order chi connectivity index (χ0) is 21.8. The molecule has 1 unspecified atom stereocenters. The van der Waals surface area contributed by atoms with Crippen LogP contribution in [-0.2, 0) is 11.2 Å². The van der Waals surface area contributed by atoms with E-state index < -0.39 is 0 Å². The van der Waals surface area contributed by atoms with E-state index >= 15 is 0 Å². The van der Waals surface area contributed by atoms with Gasteiger partial charge in [-0.2, -0.15) is 0 Å². The van der Waals surface area contributed by atoms with Crippen LogP contribution in [0.3, 0.4) is 0 Å². The number of hydrogen-bond acceptors (Lipinski definition) is 6. The maximum absolute atomic E-state index is 13.0. The summed E-state index contributed by atoms with van der Waals surface area (Å²) < 4.78 is 11.9. The van der Waals surface area contributed by atoms with Crippen molar-refractivity contribution in [1.29, 1.82) is 0 Å². The minimum absolute atomic E-state index is 0.0166. The van der Waals surface area contributed by atoms with E-state index in [4.69, 9.17) is 9.47 Å². The average Bonchev–Trinajstić information content (AvgIpc) is 3.20. The standard InChI is InChI=1S/C22H28N4O5/c1-30-15-7-9-16(10-8-15)31-13-19(27)25-24-18-12-11-17-20(18)23-22(29)26(21(17)28)14-5-3-2-4-6-14/h7-10,14,18,24H,2-6,11-13H2,1H3,(H,23,29)(H,25,27). The maximum atomic E-state index is 13.0. The highest BCUT2D eigenvalue weighted by Gasteiger charge is 2.30. The van der Waals surface area contributed by atoms with Gasteiger partial charge >= 0.3 is 5.69 Å². The Bertz CT molecular complexity index is 1040. The number of hydrazine groups is 1. The van der Waals surface area contributed by atoms with Crippen molar-refractivity contribution >= 4 is 5.91 Å². The van der Waals surface area contributed by atoms with Gasteiger partial charge in [0.1, 0.15) is 11.5 Å². The van der Waals surface area contributed by atoms with Gasteiger partial charge in [0, 0.05) is 17.3 Å². The molecule has 1 aromatic heterocycles. The Labute approximate surface area is 179 Å². The Balaban J connectivity index is 1.36. The van der Waals surface area contributed by atoms with Gasteiger partial charge in [-0.1, -0.05) is 19.3 Å². The van der Waals surface area contributed by atoms with Crippen LogP contribution in [0.15, 0.2) is 33.9 Å². The van der Waals surface area contributed by atoms with Crippen molar-refractivity contribution in [2.45, 2.75) is 57.0 Å². The van der Waals surface area contributed by atoms with E-state index in [1.807, 2.05) is 0 Å². The molecule has 1 amide bonds. The first-order valence-corrected chi connectivity index (χ1v) is 10.8. The Morgan fingerprint density at radius 2 is 1.81 bits per heavy atom. The first-order valence-electron chi connectivity index (χ1n) is 10.8. The lowest BCUT2D eigenvalue weighted by atomic mass is 9.95. The molecule has 1 aromatic carbocycles. The fraction of sp³-hybridized carbons (Fsp3) is 0.500. The maximum Gasteiger partial charge on any atom is 0.328 e. The highest BCUT2D eigenvalue weighted by atomic mass is 16.5. The van der Waals surface area contributed by atoms with Gasteiger partial charge in [-0.15, -0.1) is 0 Å². The van der Waals surface area contributed by atoms with Gasteiger partial charge < -0.3 is 14.5 Å². The van der Waals surface area contributed by atoms with Crippen molar-refractivity contribution in [3.8, 4) is 11.5 Å². The number of carbonyl (C=O) groups excluding carboxylic acids is 1. The molecule has 1 atom stereocenters. The zero-order valence-electron chi connectivity index (χ0n) is 17.6. The fourth-order valence-electron chi connectivity index (χ4n) is 4.42. The fourth-order valence-corrected chi connectivity index (χ4v) is 4.42.